The number of hydrogen-bond donors (Lipinski definition) is 0. The van der Waals surface area contributed by atoms with Gasteiger partial charge in [-0.05, 0) is 40.2 Å². The molecule has 0 bridgehead atoms. The maximum atomic E-state index is 12.9. The van der Waals surface area contributed by atoms with E-state index in [1.165, 1.54) is 36.4 Å². The topological polar surface area (TPSA) is 78.7 Å². The lowest BCUT2D eigenvalue weighted by Gasteiger charge is -2.08. The van der Waals surface area contributed by atoms with Crippen LogP contribution in [-0.2, 0) is 4.79 Å². The van der Waals surface area contributed by atoms with E-state index in [-0.39, 0.29) is 17.2 Å². The fourth-order valence-electron chi connectivity index (χ4n) is 1.55. The van der Waals surface area contributed by atoms with E-state index >= 15 is 0 Å². The molecule has 0 heterocycles. The third-order valence-corrected chi connectivity index (χ3v) is 3.12. The van der Waals surface area contributed by atoms with E-state index in [9.17, 15) is 19.3 Å². The van der Waals surface area contributed by atoms with E-state index in [4.69, 9.17) is 9.47 Å². The molecule has 0 aliphatic carbocycles. The second kappa shape index (κ2) is 6.99. The standard InChI is InChI=1S/C14H9BrFNO5/c15-12-6-9(16)4-5-13(12)21-8-14(18)22-11-3-1-2-10(7-11)17(19)20/h1-7H,8H2. The molecule has 0 fully saturated rings. The molecule has 0 aliphatic rings. The number of hydrogen-bond acceptors (Lipinski definition) is 5. The Morgan fingerprint density at radius 2 is 2.05 bits per heavy atom. The normalized spacial score (nSPS) is 10.1. The molecular weight excluding hydrogens is 361 g/mol. The molecule has 0 saturated carbocycles. The Hall–Kier alpha value is -2.48. The van der Waals surface area contributed by atoms with Crippen molar-refractivity contribution < 1.29 is 23.6 Å². The zero-order chi connectivity index (χ0) is 16.1. The number of non-ortho nitro benzene ring substituents is 1. The number of halogens is 2. The number of nitro groups is 1. The van der Waals surface area contributed by atoms with Crippen LogP contribution >= 0.6 is 15.9 Å². The zero-order valence-corrected chi connectivity index (χ0v) is 12.6. The van der Waals surface area contributed by atoms with Crippen LogP contribution in [0.5, 0.6) is 11.5 Å². The SMILES string of the molecule is O=C(COc1ccc(F)cc1Br)Oc1cccc([N+](=O)[O-])c1. The van der Waals surface area contributed by atoms with Gasteiger partial charge in [-0.3, -0.25) is 10.1 Å². The molecule has 0 unspecified atom stereocenters. The number of esters is 1. The van der Waals surface area contributed by atoms with Gasteiger partial charge in [0, 0.05) is 6.07 Å². The summed E-state index contributed by atoms with van der Waals surface area (Å²) in [7, 11) is 0. The average Bonchev–Trinajstić information content (AvgIpc) is 2.46. The van der Waals surface area contributed by atoms with Gasteiger partial charge in [0.25, 0.3) is 5.69 Å². The lowest BCUT2D eigenvalue weighted by atomic mass is 10.3. The van der Waals surface area contributed by atoms with Gasteiger partial charge in [-0.15, -0.1) is 0 Å². The van der Waals surface area contributed by atoms with E-state index < -0.39 is 23.3 Å². The second-order valence-electron chi connectivity index (χ2n) is 4.09. The summed E-state index contributed by atoms with van der Waals surface area (Å²) < 4.78 is 23.4. The van der Waals surface area contributed by atoms with Crippen molar-refractivity contribution in [2.24, 2.45) is 0 Å². The molecule has 0 radical (unpaired) electrons. The number of carbonyl (C=O) groups is 1. The van der Waals surface area contributed by atoms with Gasteiger partial charge in [0.15, 0.2) is 6.61 Å². The Morgan fingerprint density at radius 1 is 1.27 bits per heavy atom. The van der Waals surface area contributed by atoms with Crippen molar-refractivity contribution >= 4 is 27.6 Å². The van der Waals surface area contributed by atoms with E-state index in [0.29, 0.717) is 4.47 Å². The summed E-state index contributed by atoms with van der Waals surface area (Å²) >= 11 is 3.10. The van der Waals surface area contributed by atoms with Gasteiger partial charge in [-0.2, -0.15) is 0 Å². The first kappa shape index (κ1) is 15.9. The molecule has 0 amide bonds. The predicted molar refractivity (Wildman–Crippen MR) is 78.3 cm³/mol. The third kappa shape index (κ3) is 4.26. The van der Waals surface area contributed by atoms with Crippen LogP contribution in [0.4, 0.5) is 10.1 Å². The Morgan fingerprint density at radius 3 is 2.73 bits per heavy atom. The Kier molecular flexibility index (Phi) is 5.05. The minimum Gasteiger partial charge on any atom is -0.481 e. The highest BCUT2D eigenvalue weighted by molar-refractivity contribution is 9.10. The molecule has 0 saturated heterocycles. The molecule has 0 aliphatic heterocycles. The minimum absolute atomic E-state index is 0.0426. The van der Waals surface area contributed by atoms with Gasteiger partial charge in [0.05, 0.1) is 15.5 Å². The molecule has 0 aromatic heterocycles. The molecule has 2 rings (SSSR count). The first-order chi connectivity index (χ1) is 10.5. The summed E-state index contributed by atoms with van der Waals surface area (Å²) in [5.41, 5.74) is -0.188. The first-order valence-corrected chi connectivity index (χ1v) is 6.78. The average molecular weight is 370 g/mol. The number of rotatable bonds is 5. The van der Waals surface area contributed by atoms with Crippen LogP contribution in [0.15, 0.2) is 46.9 Å². The van der Waals surface area contributed by atoms with Gasteiger partial charge in [0.1, 0.15) is 17.3 Å². The maximum absolute atomic E-state index is 12.9. The van der Waals surface area contributed by atoms with E-state index in [1.807, 2.05) is 0 Å². The highest BCUT2D eigenvalue weighted by atomic mass is 79.9. The van der Waals surface area contributed by atoms with E-state index in [1.54, 1.807) is 0 Å². The number of nitrogens with zero attached hydrogens (tertiary/aromatic N) is 1. The molecule has 0 atom stereocenters. The summed E-state index contributed by atoms with van der Waals surface area (Å²) in [6.45, 7) is -0.424. The van der Waals surface area contributed by atoms with E-state index in [0.717, 1.165) is 6.07 Å². The predicted octanol–water partition coefficient (Wildman–Crippen LogP) is 3.48. The number of nitro benzene ring substituents is 1. The van der Waals surface area contributed by atoms with Crippen molar-refractivity contribution in [2.75, 3.05) is 6.61 Å². The Labute approximate surface area is 132 Å². The van der Waals surface area contributed by atoms with Gasteiger partial charge < -0.3 is 9.47 Å². The first-order valence-electron chi connectivity index (χ1n) is 5.98. The summed E-state index contributed by atoms with van der Waals surface area (Å²) in [6, 6.07) is 8.97. The Balaban J connectivity index is 1.95. The van der Waals surface area contributed by atoms with Crippen molar-refractivity contribution in [1.29, 1.82) is 0 Å². The summed E-state index contributed by atoms with van der Waals surface area (Å²) in [5.74, 6) is -0.867. The molecule has 2 aromatic carbocycles. The van der Waals surface area contributed by atoms with Crippen molar-refractivity contribution in [3.05, 3.63) is 62.9 Å². The molecule has 6 nitrogen and oxygen atoms in total. The minimum atomic E-state index is -0.739. The summed E-state index contributed by atoms with van der Waals surface area (Å²) in [6.07, 6.45) is 0. The maximum Gasteiger partial charge on any atom is 0.349 e. The van der Waals surface area contributed by atoms with Crippen molar-refractivity contribution in [3.63, 3.8) is 0 Å². The molecule has 114 valence electrons. The van der Waals surface area contributed by atoms with E-state index in [2.05, 4.69) is 15.9 Å². The van der Waals surface area contributed by atoms with Crippen LogP contribution in [0, 0.1) is 15.9 Å². The Bertz CT molecular complexity index is 722. The summed E-state index contributed by atoms with van der Waals surface area (Å²) in [4.78, 5) is 21.7. The highest BCUT2D eigenvalue weighted by Gasteiger charge is 2.11. The highest BCUT2D eigenvalue weighted by Crippen LogP contribution is 2.25. The van der Waals surface area contributed by atoms with Crippen molar-refractivity contribution in [3.8, 4) is 11.5 Å². The largest absolute Gasteiger partial charge is 0.481 e. The van der Waals surface area contributed by atoms with Crippen LogP contribution in [0.2, 0.25) is 0 Å². The molecule has 2 aromatic rings. The molecule has 0 N–H and O–H groups in total. The number of carbonyl (C=O) groups excluding carboxylic acids is 1. The third-order valence-electron chi connectivity index (χ3n) is 2.50. The van der Waals surface area contributed by atoms with Crippen LogP contribution < -0.4 is 9.47 Å². The van der Waals surface area contributed by atoms with Crippen LogP contribution in [0.3, 0.4) is 0 Å². The number of benzene rings is 2. The molecule has 0 spiro atoms. The zero-order valence-electron chi connectivity index (χ0n) is 11.0. The van der Waals surface area contributed by atoms with Crippen LogP contribution in [-0.4, -0.2) is 17.5 Å². The van der Waals surface area contributed by atoms with Crippen molar-refractivity contribution in [1.82, 2.24) is 0 Å². The number of ether oxygens (including phenoxy) is 2. The monoisotopic (exact) mass is 369 g/mol. The van der Waals surface area contributed by atoms with Gasteiger partial charge in [-0.25, -0.2) is 9.18 Å². The fourth-order valence-corrected chi connectivity index (χ4v) is 2.02. The molecule has 22 heavy (non-hydrogen) atoms. The van der Waals surface area contributed by atoms with Crippen LogP contribution in [0.25, 0.3) is 0 Å². The van der Waals surface area contributed by atoms with Gasteiger partial charge in [-0.1, -0.05) is 6.07 Å². The second-order valence-corrected chi connectivity index (χ2v) is 4.95. The quantitative estimate of drug-likeness (QED) is 0.349. The molecule has 8 heteroatoms. The van der Waals surface area contributed by atoms with Crippen molar-refractivity contribution in [2.45, 2.75) is 0 Å². The lowest BCUT2D eigenvalue weighted by Crippen LogP contribution is -2.17. The fraction of sp³-hybridized carbons (Fsp3) is 0.0714. The lowest BCUT2D eigenvalue weighted by molar-refractivity contribution is -0.384. The van der Waals surface area contributed by atoms with Crippen LogP contribution in [0.1, 0.15) is 0 Å². The smallest absolute Gasteiger partial charge is 0.349 e. The van der Waals surface area contributed by atoms with Gasteiger partial charge in [0.2, 0.25) is 0 Å². The van der Waals surface area contributed by atoms with Gasteiger partial charge >= 0.3 is 5.97 Å². The summed E-state index contributed by atoms with van der Waals surface area (Å²) in [5, 5.41) is 10.6. The molecular formula is C14H9BrFNO5.